The van der Waals surface area contributed by atoms with Crippen LogP contribution < -0.4 is 15.2 Å². The van der Waals surface area contributed by atoms with Crippen molar-refractivity contribution >= 4 is 16.7 Å². The highest BCUT2D eigenvalue weighted by molar-refractivity contribution is 5.90. The summed E-state index contributed by atoms with van der Waals surface area (Å²) >= 11 is 0. The number of ether oxygens (including phenoxy) is 3. The van der Waals surface area contributed by atoms with Crippen molar-refractivity contribution in [1.82, 2.24) is 9.97 Å². The first-order valence-corrected chi connectivity index (χ1v) is 6.53. The molecule has 2 N–H and O–H groups in total. The molecule has 0 unspecified atom stereocenters. The Morgan fingerprint density at radius 1 is 1.30 bits per heavy atom. The van der Waals surface area contributed by atoms with Gasteiger partial charge < -0.3 is 19.9 Å². The molecule has 1 atom stereocenters. The van der Waals surface area contributed by atoms with Crippen LogP contribution in [-0.2, 0) is 4.74 Å². The molecular formula is C14H17N3O3. The number of aryl methyl sites for hydroxylation is 1. The summed E-state index contributed by atoms with van der Waals surface area (Å²) in [5.41, 5.74) is 6.71. The van der Waals surface area contributed by atoms with Gasteiger partial charge >= 0.3 is 0 Å². The first kappa shape index (κ1) is 12.9. The molecule has 20 heavy (non-hydrogen) atoms. The van der Waals surface area contributed by atoms with Gasteiger partial charge in [-0.1, -0.05) is 0 Å². The van der Waals surface area contributed by atoms with Gasteiger partial charge in [0.15, 0.2) is 11.5 Å². The maximum atomic E-state index is 5.95. The van der Waals surface area contributed by atoms with Gasteiger partial charge in [-0.3, -0.25) is 0 Å². The SMILES string of the molecule is COc1cc2nc(C)nc(N)c2cc1O[C@H]1CCOC1. The third kappa shape index (κ3) is 2.34. The molecule has 2 aromatic rings. The van der Waals surface area contributed by atoms with E-state index in [1.807, 2.05) is 19.1 Å². The van der Waals surface area contributed by atoms with Crippen molar-refractivity contribution in [2.75, 3.05) is 26.1 Å². The smallest absolute Gasteiger partial charge is 0.162 e. The van der Waals surface area contributed by atoms with Crippen LogP contribution in [0.1, 0.15) is 12.2 Å². The quantitative estimate of drug-likeness (QED) is 0.918. The van der Waals surface area contributed by atoms with Crippen LogP contribution in [0.5, 0.6) is 11.5 Å². The summed E-state index contributed by atoms with van der Waals surface area (Å²) in [5, 5.41) is 0.769. The number of benzene rings is 1. The molecule has 0 aliphatic carbocycles. The van der Waals surface area contributed by atoms with E-state index in [0.29, 0.717) is 29.7 Å². The van der Waals surface area contributed by atoms with Crippen LogP contribution in [0.15, 0.2) is 12.1 Å². The molecule has 0 amide bonds. The number of nitrogens with two attached hydrogens (primary N) is 1. The molecule has 0 spiro atoms. The zero-order valence-electron chi connectivity index (χ0n) is 11.5. The summed E-state index contributed by atoms with van der Waals surface area (Å²) in [6, 6.07) is 3.66. The highest BCUT2D eigenvalue weighted by atomic mass is 16.6. The minimum absolute atomic E-state index is 0.0499. The zero-order chi connectivity index (χ0) is 14.1. The Morgan fingerprint density at radius 3 is 2.85 bits per heavy atom. The number of nitrogens with zero attached hydrogens (tertiary/aromatic N) is 2. The Morgan fingerprint density at radius 2 is 2.15 bits per heavy atom. The van der Waals surface area contributed by atoms with E-state index < -0.39 is 0 Å². The van der Waals surface area contributed by atoms with E-state index >= 15 is 0 Å². The van der Waals surface area contributed by atoms with Crippen LogP contribution in [0.3, 0.4) is 0 Å². The molecule has 1 fully saturated rings. The van der Waals surface area contributed by atoms with Crippen LogP contribution >= 0.6 is 0 Å². The minimum atomic E-state index is 0.0499. The lowest BCUT2D eigenvalue weighted by atomic mass is 10.2. The predicted molar refractivity (Wildman–Crippen MR) is 75.1 cm³/mol. The van der Waals surface area contributed by atoms with Crippen molar-refractivity contribution in [3.8, 4) is 11.5 Å². The molecule has 3 rings (SSSR count). The van der Waals surface area contributed by atoms with E-state index in [2.05, 4.69) is 9.97 Å². The maximum Gasteiger partial charge on any atom is 0.162 e. The van der Waals surface area contributed by atoms with Gasteiger partial charge in [-0.25, -0.2) is 9.97 Å². The number of fused-ring (bicyclic) bond motifs is 1. The summed E-state index contributed by atoms with van der Waals surface area (Å²) in [4.78, 5) is 8.54. The summed E-state index contributed by atoms with van der Waals surface area (Å²) in [7, 11) is 1.61. The number of rotatable bonds is 3. The number of hydrogen-bond donors (Lipinski definition) is 1. The lowest BCUT2D eigenvalue weighted by Crippen LogP contribution is -2.16. The first-order valence-electron chi connectivity index (χ1n) is 6.53. The van der Waals surface area contributed by atoms with Crippen LogP contribution in [0.2, 0.25) is 0 Å². The average Bonchev–Trinajstić information content (AvgIpc) is 2.91. The van der Waals surface area contributed by atoms with Gasteiger partial charge in [0, 0.05) is 17.9 Å². The van der Waals surface area contributed by atoms with Gasteiger partial charge in [0.25, 0.3) is 0 Å². The van der Waals surface area contributed by atoms with Crippen molar-refractivity contribution < 1.29 is 14.2 Å². The molecule has 1 saturated heterocycles. The van der Waals surface area contributed by atoms with Gasteiger partial charge in [0.2, 0.25) is 0 Å². The van der Waals surface area contributed by atoms with Crippen LogP contribution in [0.4, 0.5) is 5.82 Å². The van der Waals surface area contributed by atoms with Crippen molar-refractivity contribution in [3.63, 3.8) is 0 Å². The van der Waals surface area contributed by atoms with E-state index in [1.165, 1.54) is 0 Å². The third-order valence-corrected chi connectivity index (χ3v) is 3.30. The monoisotopic (exact) mass is 275 g/mol. The Hall–Kier alpha value is -2.08. The van der Waals surface area contributed by atoms with Crippen molar-refractivity contribution in [1.29, 1.82) is 0 Å². The highest BCUT2D eigenvalue weighted by Crippen LogP contribution is 2.34. The lowest BCUT2D eigenvalue weighted by molar-refractivity contribution is 0.139. The number of hydrogen-bond acceptors (Lipinski definition) is 6. The molecule has 0 radical (unpaired) electrons. The Bertz CT molecular complexity index is 639. The molecule has 106 valence electrons. The molecule has 6 nitrogen and oxygen atoms in total. The van der Waals surface area contributed by atoms with Crippen LogP contribution in [-0.4, -0.2) is 36.4 Å². The molecular weight excluding hydrogens is 258 g/mol. The summed E-state index contributed by atoms with van der Waals surface area (Å²) in [6.45, 7) is 3.13. The minimum Gasteiger partial charge on any atom is -0.493 e. The van der Waals surface area contributed by atoms with Crippen LogP contribution in [0, 0.1) is 6.92 Å². The highest BCUT2D eigenvalue weighted by Gasteiger charge is 2.20. The molecule has 2 heterocycles. The number of nitrogen functional groups attached to an aromatic ring is 1. The van der Waals surface area contributed by atoms with Crippen molar-refractivity contribution in [3.05, 3.63) is 18.0 Å². The summed E-state index contributed by atoms with van der Waals surface area (Å²) in [6.07, 6.45) is 0.926. The number of aromatic nitrogens is 2. The van der Waals surface area contributed by atoms with E-state index in [4.69, 9.17) is 19.9 Å². The maximum absolute atomic E-state index is 5.95. The fourth-order valence-corrected chi connectivity index (χ4v) is 2.32. The third-order valence-electron chi connectivity index (χ3n) is 3.30. The van der Waals surface area contributed by atoms with Crippen LogP contribution in [0.25, 0.3) is 10.9 Å². The average molecular weight is 275 g/mol. The van der Waals surface area contributed by atoms with Gasteiger partial charge in [-0.15, -0.1) is 0 Å². The normalized spacial score (nSPS) is 18.4. The molecule has 1 aliphatic heterocycles. The Kier molecular flexibility index (Phi) is 3.31. The molecule has 0 bridgehead atoms. The van der Waals surface area contributed by atoms with E-state index in [1.54, 1.807) is 7.11 Å². The molecule has 0 saturated carbocycles. The summed E-state index contributed by atoms with van der Waals surface area (Å²) in [5.74, 6) is 2.37. The molecule has 1 aliphatic rings. The van der Waals surface area contributed by atoms with Gasteiger partial charge in [-0.2, -0.15) is 0 Å². The number of anilines is 1. The molecule has 6 heteroatoms. The van der Waals surface area contributed by atoms with Gasteiger partial charge in [-0.05, 0) is 13.0 Å². The Balaban J connectivity index is 2.05. The Labute approximate surface area is 116 Å². The zero-order valence-corrected chi connectivity index (χ0v) is 11.5. The predicted octanol–water partition coefficient (Wildman–Crippen LogP) is 1.70. The second-order valence-corrected chi connectivity index (χ2v) is 4.78. The van der Waals surface area contributed by atoms with E-state index in [0.717, 1.165) is 23.9 Å². The van der Waals surface area contributed by atoms with E-state index in [9.17, 15) is 0 Å². The van der Waals surface area contributed by atoms with Gasteiger partial charge in [0.05, 0.1) is 25.8 Å². The van der Waals surface area contributed by atoms with Gasteiger partial charge in [0.1, 0.15) is 17.7 Å². The topological polar surface area (TPSA) is 79.5 Å². The van der Waals surface area contributed by atoms with E-state index in [-0.39, 0.29) is 6.10 Å². The largest absolute Gasteiger partial charge is 0.493 e. The molecule has 1 aromatic carbocycles. The second-order valence-electron chi connectivity index (χ2n) is 4.78. The fraction of sp³-hybridized carbons (Fsp3) is 0.429. The van der Waals surface area contributed by atoms with Crippen molar-refractivity contribution in [2.24, 2.45) is 0 Å². The van der Waals surface area contributed by atoms with Crippen molar-refractivity contribution in [2.45, 2.75) is 19.4 Å². The fourth-order valence-electron chi connectivity index (χ4n) is 2.32. The summed E-state index contributed by atoms with van der Waals surface area (Å²) < 4.78 is 16.6. The second kappa shape index (κ2) is 5.13. The first-order chi connectivity index (χ1) is 9.67. The lowest BCUT2D eigenvalue weighted by Gasteiger charge is -2.16. The molecule has 1 aromatic heterocycles. The standard InChI is InChI=1S/C14H17N3O3/c1-8-16-11-6-12(18-2)13(5-10(11)14(15)17-8)20-9-3-4-19-7-9/h5-6,9H,3-4,7H2,1-2H3,(H2,15,16,17)/t9-/m0/s1. The number of methoxy groups -OCH3 is 1.